The summed E-state index contributed by atoms with van der Waals surface area (Å²) >= 11 is 3.15. The molecule has 0 atom stereocenters. The number of hydrogen-bond donors (Lipinski definition) is 2. The molecule has 0 fully saturated rings. The molecule has 0 saturated carbocycles. The fourth-order valence-electron chi connectivity index (χ4n) is 3.30. The van der Waals surface area contributed by atoms with E-state index in [0.29, 0.717) is 21.8 Å². The number of nitrogens with zero attached hydrogens (tertiary/aromatic N) is 2. The predicted octanol–water partition coefficient (Wildman–Crippen LogP) is 5.84. The van der Waals surface area contributed by atoms with Crippen molar-refractivity contribution in [1.82, 2.24) is 5.43 Å². The Morgan fingerprint density at radius 1 is 1.00 bits per heavy atom. The fraction of sp³-hybridized carbons (Fsp3) is 0.115. The Kier molecular flexibility index (Phi) is 8.02. The third-order valence-electron chi connectivity index (χ3n) is 5.25. The van der Waals surface area contributed by atoms with Gasteiger partial charge in [0.05, 0.1) is 10.6 Å². The van der Waals surface area contributed by atoms with Crippen LogP contribution in [-0.4, -0.2) is 22.4 Å². The molecule has 11 nitrogen and oxygen atoms in total. The van der Waals surface area contributed by atoms with E-state index in [9.17, 15) is 19.7 Å². The molecule has 0 spiro atoms. The van der Waals surface area contributed by atoms with E-state index in [-0.39, 0.29) is 35.5 Å². The Morgan fingerprint density at radius 3 is 2.39 bits per heavy atom. The number of hydrazone groups is 1. The second-order valence-corrected chi connectivity index (χ2v) is 8.84. The van der Waals surface area contributed by atoms with Crippen LogP contribution in [0, 0.1) is 17.0 Å². The van der Waals surface area contributed by atoms with Crippen LogP contribution in [0.1, 0.15) is 44.9 Å². The summed E-state index contributed by atoms with van der Waals surface area (Å²) in [7, 11) is 0. The first kappa shape index (κ1) is 26.4. The lowest BCUT2D eigenvalue weighted by Crippen LogP contribution is -2.18. The lowest BCUT2D eigenvalue weighted by molar-refractivity contribution is -0.386. The van der Waals surface area contributed by atoms with Crippen LogP contribution in [0.3, 0.4) is 0 Å². The van der Waals surface area contributed by atoms with Gasteiger partial charge in [-0.1, -0.05) is 18.2 Å². The lowest BCUT2D eigenvalue weighted by atomic mass is 10.1. The normalized spacial score (nSPS) is 11.2. The van der Waals surface area contributed by atoms with Gasteiger partial charge in [0.15, 0.2) is 21.9 Å². The number of nitrogens with one attached hydrogen (secondary N) is 2. The molecule has 0 unspecified atom stereocenters. The summed E-state index contributed by atoms with van der Waals surface area (Å²) in [6, 6.07) is 17.7. The number of nitro benzene ring substituents is 1. The van der Waals surface area contributed by atoms with Crippen molar-refractivity contribution in [2.45, 2.75) is 20.5 Å². The molecule has 0 aliphatic carbocycles. The highest BCUT2D eigenvalue weighted by Crippen LogP contribution is 2.28. The Bertz CT molecular complexity index is 1520. The minimum atomic E-state index is -0.578. The van der Waals surface area contributed by atoms with E-state index in [0.717, 1.165) is 11.1 Å². The second-order valence-electron chi connectivity index (χ2n) is 8.06. The van der Waals surface area contributed by atoms with E-state index >= 15 is 0 Å². The number of rotatable bonds is 9. The van der Waals surface area contributed by atoms with E-state index in [4.69, 9.17) is 13.6 Å². The molecule has 0 saturated heterocycles. The average molecular weight is 581 g/mol. The quantitative estimate of drug-likeness (QED) is 0.143. The van der Waals surface area contributed by atoms with Crippen molar-refractivity contribution in [1.29, 1.82) is 0 Å². The first-order chi connectivity index (χ1) is 18.2. The molecule has 2 aromatic heterocycles. The van der Waals surface area contributed by atoms with Gasteiger partial charge >= 0.3 is 11.6 Å². The van der Waals surface area contributed by atoms with Crippen molar-refractivity contribution < 1.29 is 28.1 Å². The number of amides is 2. The number of anilines is 1. The van der Waals surface area contributed by atoms with Gasteiger partial charge in [-0.15, -0.1) is 0 Å². The van der Waals surface area contributed by atoms with Gasteiger partial charge in [-0.05, 0) is 83.4 Å². The summed E-state index contributed by atoms with van der Waals surface area (Å²) < 4.78 is 16.7. The molecule has 2 aromatic carbocycles. The standard InChI is InChI=1S/C26H21BrN4O7/c1-15-3-9-21(20(13-15)31(34)35)36-14-19-8-10-23(37-19)26(33)30-29-16(2)17-4-6-18(7-5-17)28-25(32)22-11-12-24(27)38-22/h3-13H,14H2,1-2H3,(H,28,32)(H,30,33)/b29-16-. The van der Waals surface area contributed by atoms with Gasteiger partial charge in [-0.3, -0.25) is 19.7 Å². The molecule has 4 rings (SSSR count). The number of halogens is 1. The molecular weight excluding hydrogens is 560 g/mol. The largest absolute Gasteiger partial charge is 0.479 e. The Hall–Kier alpha value is -4.71. The number of hydrogen-bond acceptors (Lipinski definition) is 8. The zero-order valence-corrected chi connectivity index (χ0v) is 21.8. The van der Waals surface area contributed by atoms with Crippen molar-refractivity contribution in [3.05, 3.63) is 110 Å². The third kappa shape index (κ3) is 6.53. The molecule has 4 aromatic rings. The highest BCUT2D eigenvalue weighted by atomic mass is 79.9. The average Bonchev–Trinajstić information content (AvgIpc) is 3.56. The summed E-state index contributed by atoms with van der Waals surface area (Å²) in [5.41, 5.74) is 4.81. The number of aryl methyl sites for hydroxylation is 1. The van der Waals surface area contributed by atoms with Gasteiger partial charge in [-0.25, -0.2) is 5.43 Å². The molecule has 2 N–H and O–H groups in total. The van der Waals surface area contributed by atoms with Crippen LogP contribution in [0.5, 0.6) is 5.75 Å². The molecule has 0 aliphatic rings. The second kappa shape index (κ2) is 11.6. The van der Waals surface area contributed by atoms with Gasteiger partial charge in [0, 0.05) is 11.8 Å². The number of nitro groups is 1. The van der Waals surface area contributed by atoms with Crippen LogP contribution >= 0.6 is 15.9 Å². The number of ether oxygens (including phenoxy) is 1. The maximum absolute atomic E-state index is 12.5. The number of furan rings is 2. The topological polar surface area (TPSA) is 149 Å². The molecular formula is C26H21BrN4O7. The molecule has 0 aliphatic heterocycles. The molecule has 194 valence electrons. The van der Waals surface area contributed by atoms with E-state index in [1.54, 1.807) is 62.4 Å². The molecule has 2 heterocycles. The maximum Gasteiger partial charge on any atom is 0.311 e. The minimum Gasteiger partial charge on any atom is -0.479 e. The summed E-state index contributed by atoms with van der Waals surface area (Å²) in [6.07, 6.45) is 0. The molecule has 0 radical (unpaired) electrons. The van der Waals surface area contributed by atoms with Crippen LogP contribution in [0.25, 0.3) is 0 Å². The van der Waals surface area contributed by atoms with Gasteiger partial charge in [-0.2, -0.15) is 5.10 Å². The van der Waals surface area contributed by atoms with Crippen LogP contribution in [-0.2, 0) is 6.61 Å². The number of benzene rings is 2. The minimum absolute atomic E-state index is 0.00109. The first-order valence-corrected chi connectivity index (χ1v) is 12.0. The molecule has 2 amide bonds. The summed E-state index contributed by atoms with van der Waals surface area (Å²) in [5.74, 6) is -0.383. The van der Waals surface area contributed by atoms with Gasteiger partial charge in [0.2, 0.25) is 0 Å². The zero-order valence-electron chi connectivity index (χ0n) is 20.2. The molecule has 12 heteroatoms. The summed E-state index contributed by atoms with van der Waals surface area (Å²) in [5, 5.41) is 18.1. The van der Waals surface area contributed by atoms with Crippen LogP contribution in [0.4, 0.5) is 11.4 Å². The molecule has 38 heavy (non-hydrogen) atoms. The van der Waals surface area contributed by atoms with Crippen molar-refractivity contribution in [3.63, 3.8) is 0 Å². The SMILES string of the molecule is C/C(=N/NC(=O)c1ccc(COc2ccc(C)cc2[N+](=O)[O-])o1)c1ccc(NC(=O)c2ccc(Br)o2)cc1. The fourth-order valence-corrected chi connectivity index (χ4v) is 3.60. The van der Waals surface area contributed by atoms with Crippen molar-refractivity contribution in [3.8, 4) is 5.75 Å². The predicted molar refractivity (Wildman–Crippen MR) is 141 cm³/mol. The van der Waals surface area contributed by atoms with E-state index in [1.165, 1.54) is 18.2 Å². The lowest BCUT2D eigenvalue weighted by Gasteiger charge is -2.06. The maximum atomic E-state index is 12.5. The van der Waals surface area contributed by atoms with Crippen molar-refractivity contribution in [2.75, 3.05) is 5.32 Å². The Morgan fingerprint density at radius 2 is 1.71 bits per heavy atom. The van der Waals surface area contributed by atoms with Crippen molar-refractivity contribution in [2.24, 2.45) is 5.10 Å². The number of carbonyl (C=O) groups excluding carboxylic acids is 2. The van der Waals surface area contributed by atoms with E-state index < -0.39 is 10.8 Å². The summed E-state index contributed by atoms with van der Waals surface area (Å²) in [4.78, 5) is 35.4. The zero-order chi connectivity index (χ0) is 27.2. The molecule has 0 bridgehead atoms. The Labute approximate surface area is 224 Å². The first-order valence-electron chi connectivity index (χ1n) is 11.2. The Balaban J connectivity index is 1.32. The number of carbonyl (C=O) groups is 2. The highest BCUT2D eigenvalue weighted by molar-refractivity contribution is 9.10. The highest BCUT2D eigenvalue weighted by Gasteiger charge is 2.17. The summed E-state index contributed by atoms with van der Waals surface area (Å²) in [6.45, 7) is 3.36. The van der Waals surface area contributed by atoms with Crippen LogP contribution < -0.4 is 15.5 Å². The van der Waals surface area contributed by atoms with E-state index in [2.05, 4.69) is 31.8 Å². The van der Waals surface area contributed by atoms with Gasteiger partial charge in [0.25, 0.3) is 5.91 Å². The third-order valence-corrected chi connectivity index (χ3v) is 5.68. The van der Waals surface area contributed by atoms with Gasteiger partial charge < -0.3 is 18.9 Å². The van der Waals surface area contributed by atoms with Crippen LogP contribution in [0.2, 0.25) is 0 Å². The van der Waals surface area contributed by atoms with Crippen LogP contribution in [0.15, 0.2) is 85.3 Å². The smallest absolute Gasteiger partial charge is 0.311 e. The van der Waals surface area contributed by atoms with E-state index in [1.807, 2.05) is 0 Å². The van der Waals surface area contributed by atoms with Gasteiger partial charge in [0.1, 0.15) is 12.4 Å². The van der Waals surface area contributed by atoms with Crippen molar-refractivity contribution >= 4 is 44.8 Å². The monoisotopic (exact) mass is 580 g/mol.